The minimum atomic E-state index is -0.171. The van der Waals surface area contributed by atoms with Crippen LogP contribution in [0.25, 0.3) is 0 Å². The maximum absolute atomic E-state index is 12.7. The fourth-order valence-corrected chi connectivity index (χ4v) is 2.48. The molecule has 2 atom stereocenters. The van der Waals surface area contributed by atoms with Crippen LogP contribution in [0.15, 0.2) is 60.7 Å². The second-order valence-electron chi connectivity index (χ2n) is 5.68. The molecule has 2 aromatic carbocycles. The van der Waals surface area contributed by atoms with Crippen molar-refractivity contribution in [2.24, 2.45) is 11.7 Å². The zero-order valence-electron chi connectivity index (χ0n) is 13.7. The van der Waals surface area contributed by atoms with Gasteiger partial charge in [0.2, 0.25) is 5.91 Å². The molecular weight excluding hydrogens is 308 g/mol. The molecule has 4 heteroatoms. The molecule has 0 radical (unpaired) electrons. The second kappa shape index (κ2) is 9.33. The number of halogens is 1. The highest BCUT2D eigenvalue weighted by molar-refractivity contribution is 5.85. The summed E-state index contributed by atoms with van der Waals surface area (Å²) in [4.78, 5) is 14.7. The van der Waals surface area contributed by atoms with Crippen LogP contribution in [0.1, 0.15) is 31.0 Å². The van der Waals surface area contributed by atoms with E-state index in [0.717, 1.165) is 11.1 Å². The van der Waals surface area contributed by atoms with Crippen LogP contribution >= 0.6 is 12.4 Å². The molecule has 0 aromatic heterocycles. The zero-order chi connectivity index (χ0) is 15.9. The molecule has 2 rings (SSSR count). The Hall–Kier alpha value is -1.84. The van der Waals surface area contributed by atoms with Crippen LogP contribution in [0, 0.1) is 5.92 Å². The van der Waals surface area contributed by atoms with Crippen LogP contribution in [0.2, 0.25) is 0 Å². The van der Waals surface area contributed by atoms with Crippen molar-refractivity contribution < 1.29 is 4.79 Å². The SMILES string of the molecule is CC(CN)C(=O)N(Cc1ccccc1)C(C)c1ccccc1.Cl. The summed E-state index contributed by atoms with van der Waals surface area (Å²) in [5.41, 5.74) is 7.96. The van der Waals surface area contributed by atoms with Crippen LogP contribution in [-0.4, -0.2) is 17.4 Å². The maximum Gasteiger partial charge on any atom is 0.227 e. The molecule has 2 N–H and O–H groups in total. The van der Waals surface area contributed by atoms with Crippen molar-refractivity contribution in [3.63, 3.8) is 0 Å². The largest absolute Gasteiger partial charge is 0.331 e. The summed E-state index contributed by atoms with van der Waals surface area (Å²) < 4.78 is 0. The molecule has 0 aliphatic rings. The zero-order valence-corrected chi connectivity index (χ0v) is 14.5. The molecule has 0 aliphatic carbocycles. The Morgan fingerprint density at radius 1 is 1.00 bits per heavy atom. The van der Waals surface area contributed by atoms with Crippen molar-refractivity contribution in [1.82, 2.24) is 4.90 Å². The van der Waals surface area contributed by atoms with E-state index in [0.29, 0.717) is 13.1 Å². The summed E-state index contributed by atoms with van der Waals surface area (Å²) in [6, 6.07) is 20.2. The summed E-state index contributed by atoms with van der Waals surface area (Å²) in [6.45, 7) is 4.92. The van der Waals surface area contributed by atoms with E-state index in [1.807, 2.05) is 60.4 Å². The lowest BCUT2D eigenvalue weighted by atomic mass is 10.0. The molecule has 2 aromatic rings. The van der Waals surface area contributed by atoms with E-state index in [1.54, 1.807) is 0 Å². The molecular formula is C19H25ClN2O. The van der Waals surface area contributed by atoms with Crippen molar-refractivity contribution in [2.75, 3.05) is 6.54 Å². The van der Waals surface area contributed by atoms with Crippen molar-refractivity contribution in [1.29, 1.82) is 0 Å². The van der Waals surface area contributed by atoms with E-state index < -0.39 is 0 Å². The minimum Gasteiger partial charge on any atom is -0.331 e. The van der Waals surface area contributed by atoms with Crippen LogP contribution in [-0.2, 0) is 11.3 Å². The highest BCUT2D eigenvalue weighted by Crippen LogP contribution is 2.24. The number of carbonyl (C=O) groups excluding carboxylic acids is 1. The molecule has 0 aliphatic heterocycles. The molecule has 3 nitrogen and oxygen atoms in total. The highest BCUT2D eigenvalue weighted by atomic mass is 35.5. The Kier molecular flexibility index (Phi) is 7.79. The third kappa shape index (κ3) is 5.08. The Labute approximate surface area is 144 Å². The third-order valence-electron chi connectivity index (χ3n) is 4.00. The first-order chi connectivity index (χ1) is 10.6. The number of carbonyl (C=O) groups is 1. The van der Waals surface area contributed by atoms with Gasteiger partial charge in [0.1, 0.15) is 0 Å². The molecule has 124 valence electrons. The van der Waals surface area contributed by atoms with Gasteiger partial charge in [0.25, 0.3) is 0 Å². The molecule has 0 spiro atoms. The van der Waals surface area contributed by atoms with E-state index in [9.17, 15) is 4.79 Å². The lowest BCUT2D eigenvalue weighted by Crippen LogP contribution is -2.39. The van der Waals surface area contributed by atoms with E-state index in [-0.39, 0.29) is 30.3 Å². The molecule has 0 fully saturated rings. The topological polar surface area (TPSA) is 46.3 Å². The van der Waals surface area contributed by atoms with Gasteiger partial charge in [-0.3, -0.25) is 4.79 Å². The van der Waals surface area contributed by atoms with Crippen molar-refractivity contribution >= 4 is 18.3 Å². The van der Waals surface area contributed by atoms with Gasteiger partial charge in [0, 0.05) is 19.0 Å². The molecule has 0 heterocycles. The van der Waals surface area contributed by atoms with Gasteiger partial charge in [-0.1, -0.05) is 67.6 Å². The molecule has 1 amide bonds. The van der Waals surface area contributed by atoms with Gasteiger partial charge in [-0.15, -0.1) is 12.4 Å². The van der Waals surface area contributed by atoms with Gasteiger partial charge in [-0.2, -0.15) is 0 Å². The summed E-state index contributed by atoms with van der Waals surface area (Å²) in [5.74, 6) is -0.0717. The van der Waals surface area contributed by atoms with E-state index in [4.69, 9.17) is 5.73 Å². The normalized spacial score (nSPS) is 12.8. The van der Waals surface area contributed by atoms with Gasteiger partial charge in [0.15, 0.2) is 0 Å². The summed E-state index contributed by atoms with van der Waals surface area (Å²) in [5, 5.41) is 0. The van der Waals surface area contributed by atoms with Crippen LogP contribution in [0.5, 0.6) is 0 Å². The third-order valence-corrected chi connectivity index (χ3v) is 4.00. The average molecular weight is 333 g/mol. The molecule has 0 saturated heterocycles. The lowest BCUT2D eigenvalue weighted by molar-refractivity contribution is -0.137. The van der Waals surface area contributed by atoms with Crippen LogP contribution in [0.4, 0.5) is 0 Å². The molecule has 0 bridgehead atoms. The molecule has 0 saturated carbocycles. The summed E-state index contributed by atoms with van der Waals surface area (Å²) in [7, 11) is 0. The van der Waals surface area contributed by atoms with Gasteiger partial charge >= 0.3 is 0 Å². The van der Waals surface area contributed by atoms with Gasteiger partial charge in [-0.25, -0.2) is 0 Å². The maximum atomic E-state index is 12.7. The van der Waals surface area contributed by atoms with Crippen molar-refractivity contribution in [3.8, 4) is 0 Å². The minimum absolute atomic E-state index is 0. The first-order valence-corrected chi connectivity index (χ1v) is 7.73. The number of nitrogens with zero attached hydrogens (tertiary/aromatic N) is 1. The Morgan fingerprint density at radius 2 is 1.52 bits per heavy atom. The second-order valence-corrected chi connectivity index (χ2v) is 5.68. The smallest absolute Gasteiger partial charge is 0.227 e. The number of hydrogen-bond acceptors (Lipinski definition) is 2. The lowest BCUT2D eigenvalue weighted by Gasteiger charge is -2.32. The fourth-order valence-electron chi connectivity index (χ4n) is 2.48. The Bertz CT molecular complexity index is 589. The first kappa shape index (κ1) is 19.2. The summed E-state index contributed by atoms with van der Waals surface area (Å²) in [6.07, 6.45) is 0. The molecule has 23 heavy (non-hydrogen) atoms. The summed E-state index contributed by atoms with van der Waals surface area (Å²) >= 11 is 0. The predicted molar refractivity (Wildman–Crippen MR) is 97.3 cm³/mol. The van der Waals surface area contributed by atoms with Gasteiger partial charge in [-0.05, 0) is 18.1 Å². The predicted octanol–water partition coefficient (Wildman–Crippen LogP) is 3.79. The highest BCUT2D eigenvalue weighted by Gasteiger charge is 2.25. The Morgan fingerprint density at radius 3 is 2.04 bits per heavy atom. The Balaban J connectivity index is 0.00000264. The van der Waals surface area contributed by atoms with Gasteiger partial charge in [0.05, 0.1) is 6.04 Å². The van der Waals surface area contributed by atoms with Gasteiger partial charge < -0.3 is 10.6 Å². The standard InChI is InChI=1S/C19H24N2O.ClH/c1-15(13-20)19(22)21(14-17-9-5-3-6-10-17)16(2)18-11-7-4-8-12-18;/h3-12,15-16H,13-14,20H2,1-2H3;1H. The number of hydrogen-bond donors (Lipinski definition) is 1. The molecule has 2 unspecified atom stereocenters. The van der Waals surface area contributed by atoms with Crippen LogP contribution < -0.4 is 5.73 Å². The van der Waals surface area contributed by atoms with E-state index in [1.165, 1.54) is 0 Å². The monoisotopic (exact) mass is 332 g/mol. The average Bonchev–Trinajstić information content (AvgIpc) is 2.59. The van der Waals surface area contributed by atoms with Crippen LogP contribution in [0.3, 0.4) is 0 Å². The number of amides is 1. The fraction of sp³-hybridized carbons (Fsp3) is 0.316. The van der Waals surface area contributed by atoms with E-state index in [2.05, 4.69) is 19.1 Å². The van der Waals surface area contributed by atoms with E-state index >= 15 is 0 Å². The first-order valence-electron chi connectivity index (χ1n) is 7.73. The number of nitrogens with two attached hydrogens (primary N) is 1. The van der Waals surface area contributed by atoms with Crippen molar-refractivity contribution in [2.45, 2.75) is 26.4 Å². The quantitative estimate of drug-likeness (QED) is 0.874. The van der Waals surface area contributed by atoms with Crippen molar-refractivity contribution in [3.05, 3.63) is 71.8 Å². The number of benzene rings is 2. The number of rotatable bonds is 6.